The Morgan fingerprint density at radius 3 is 2.25 bits per heavy atom. The summed E-state index contributed by atoms with van der Waals surface area (Å²) in [6.07, 6.45) is 0. The zero-order valence-corrected chi connectivity index (χ0v) is 12.6. The lowest BCUT2D eigenvalue weighted by molar-refractivity contribution is 0.598. The lowest BCUT2D eigenvalue weighted by atomic mass is 10.2. The van der Waals surface area contributed by atoms with Crippen molar-refractivity contribution in [3.63, 3.8) is 0 Å². The van der Waals surface area contributed by atoms with E-state index >= 15 is 0 Å². The fourth-order valence-electron chi connectivity index (χ4n) is 1.62. The van der Waals surface area contributed by atoms with Gasteiger partial charge in [0.1, 0.15) is 0 Å². The summed E-state index contributed by atoms with van der Waals surface area (Å²) in [5, 5.41) is 9.32. The van der Waals surface area contributed by atoms with Crippen molar-refractivity contribution < 1.29 is 8.42 Å². The summed E-state index contributed by atoms with van der Waals surface area (Å²) < 4.78 is 22.3. The van der Waals surface area contributed by atoms with Gasteiger partial charge in [-0.05, 0) is 42.0 Å². The summed E-state index contributed by atoms with van der Waals surface area (Å²) in [6.45, 7) is 0.505. The molecule has 0 bridgehead atoms. The molecule has 0 saturated carbocycles. The molecule has 0 fully saturated rings. The molecule has 0 saturated heterocycles. The Kier molecular flexibility index (Phi) is 4.55. The molecule has 4 nitrogen and oxygen atoms in total. The van der Waals surface area contributed by atoms with Crippen LogP contribution < -0.4 is 10.5 Å². The zero-order valence-electron chi connectivity index (χ0n) is 10.3. The summed E-state index contributed by atoms with van der Waals surface area (Å²) in [6, 6.07) is 11.4. The molecule has 0 unspecified atom stereocenters. The molecule has 20 heavy (non-hydrogen) atoms. The van der Waals surface area contributed by atoms with Crippen molar-refractivity contribution in [1.29, 1.82) is 0 Å². The van der Waals surface area contributed by atoms with Gasteiger partial charge < -0.3 is 5.32 Å². The molecule has 3 N–H and O–H groups in total. The standard InChI is InChI=1S/C13H12Cl2N2O2S/c14-10-2-1-9(13(15)7-10)8-17-11-3-5-12(6-4-11)20(16,18)19/h1-7,17H,8H2,(H2,16,18,19). The summed E-state index contributed by atoms with van der Waals surface area (Å²) >= 11 is 11.9. The number of anilines is 1. The van der Waals surface area contributed by atoms with Crippen LogP contribution in [0.25, 0.3) is 0 Å². The Morgan fingerprint density at radius 2 is 1.70 bits per heavy atom. The van der Waals surface area contributed by atoms with Crippen LogP contribution in [0.3, 0.4) is 0 Å². The van der Waals surface area contributed by atoms with Gasteiger partial charge in [-0.1, -0.05) is 29.3 Å². The Balaban J connectivity index is 2.08. The first-order valence-corrected chi connectivity index (χ1v) is 7.97. The zero-order chi connectivity index (χ0) is 14.8. The maximum Gasteiger partial charge on any atom is 0.238 e. The van der Waals surface area contributed by atoms with E-state index in [1.54, 1.807) is 24.3 Å². The largest absolute Gasteiger partial charge is 0.381 e. The van der Waals surface area contributed by atoms with Crippen LogP contribution in [0.15, 0.2) is 47.4 Å². The van der Waals surface area contributed by atoms with E-state index in [4.69, 9.17) is 28.3 Å². The number of primary sulfonamides is 1. The molecule has 0 spiro atoms. The van der Waals surface area contributed by atoms with Gasteiger partial charge in [0.2, 0.25) is 10.0 Å². The van der Waals surface area contributed by atoms with Crippen LogP contribution in [-0.2, 0) is 16.6 Å². The van der Waals surface area contributed by atoms with Gasteiger partial charge in [-0.25, -0.2) is 13.6 Å². The Labute approximate surface area is 127 Å². The molecular weight excluding hydrogens is 319 g/mol. The van der Waals surface area contributed by atoms with E-state index in [2.05, 4.69) is 5.32 Å². The fourth-order valence-corrected chi connectivity index (χ4v) is 2.62. The van der Waals surface area contributed by atoms with Crippen LogP contribution in [0.2, 0.25) is 10.0 Å². The molecule has 2 aromatic carbocycles. The third-order valence-corrected chi connectivity index (χ3v) is 4.20. The smallest absolute Gasteiger partial charge is 0.238 e. The highest BCUT2D eigenvalue weighted by Crippen LogP contribution is 2.22. The number of nitrogens with two attached hydrogens (primary N) is 1. The second-order valence-electron chi connectivity index (χ2n) is 4.16. The molecule has 106 valence electrons. The van der Waals surface area contributed by atoms with E-state index in [1.165, 1.54) is 12.1 Å². The number of hydrogen-bond acceptors (Lipinski definition) is 3. The topological polar surface area (TPSA) is 72.2 Å². The van der Waals surface area contributed by atoms with Crippen molar-refractivity contribution in [3.8, 4) is 0 Å². The quantitative estimate of drug-likeness (QED) is 0.903. The molecule has 2 rings (SSSR count). The van der Waals surface area contributed by atoms with E-state index in [9.17, 15) is 8.42 Å². The Bertz CT molecular complexity index is 716. The molecule has 0 aromatic heterocycles. The SMILES string of the molecule is NS(=O)(=O)c1ccc(NCc2ccc(Cl)cc2Cl)cc1. The molecule has 0 amide bonds. The van der Waals surface area contributed by atoms with Gasteiger partial charge >= 0.3 is 0 Å². The average Bonchev–Trinajstić information content (AvgIpc) is 2.37. The molecule has 0 aliphatic carbocycles. The van der Waals surface area contributed by atoms with Crippen molar-refractivity contribution in [2.75, 3.05) is 5.32 Å². The molecular formula is C13H12Cl2N2O2S. The highest BCUT2D eigenvalue weighted by atomic mass is 35.5. The Hall–Kier alpha value is -1.27. The van der Waals surface area contributed by atoms with E-state index < -0.39 is 10.0 Å². The lowest BCUT2D eigenvalue weighted by Crippen LogP contribution is -2.12. The van der Waals surface area contributed by atoms with E-state index in [0.29, 0.717) is 16.6 Å². The predicted octanol–water partition coefficient (Wildman–Crippen LogP) is 3.25. The van der Waals surface area contributed by atoms with Gasteiger partial charge in [-0.3, -0.25) is 0 Å². The van der Waals surface area contributed by atoms with Gasteiger partial charge in [-0.15, -0.1) is 0 Å². The summed E-state index contributed by atoms with van der Waals surface area (Å²) in [7, 11) is -3.66. The second kappa shape index (κ2) is 6.01. The minimum Gasteiger partial charge on any atom is -0.381 e. The number of hydrogen-bond donors (Lipinski definition) is 2. The maximum absolute atomic E-state index is 11.1. The molecule has 2 aromatic rings. The van der Waals surface area contributed by atoms with Gasteiger partial charge in [0.15, 0.2) is 0 Å². The monoisotopic (exact) mass is 330 g/mol. The fraction of sp³-hybridized carbons (Fsp3) is 0.0769. The van der Waals surface area contributed by atoms with E-state index in [-0.39, 0.29) is 4.90 Å². The molecule has 0 atom stereocenters. The minimum absolute atomic E-state index is 0.0765. The third kappa shape index (κ3) is 3.86. The summed E-state index contributed by atoms with van der Waals surface area (Å²) in [5.74, 6) is 0. The number of benzene rings is 2. The van der Waals surface area contributed by atoms with Crippen LogP contribution in [-0.4, -0.2) is 8.42 Å². The van der Waals surface area contributed by atoms with Crippen LogP contribution >= 0.6 is 23.2 Å². The van der Waals surface area contributed by atoms with Crippen LogP contribution in [0.1, 0.15) is 5.56 Å². The normalized spacial score (nSPS) is 11.3. The first kappa shape index (κ1) is 15.1. The van der Waals surface area contributed by atoms with E-state index in [1.807, 2.05) is 6.07 Å². The van der Waals surface area contributed by atoms with Crippen molar-refractivity contribution in [1.82, 2.24) is 0 Å². The predicted molar refractivity (Wildman–Crippen MR) is 81.6 cm³/mol. The number of rotatable bonds is 4. The third-order valence-electron chi connectivity index (χ3n) is 2.68. The molecule has 0 radical (unpaired) electrons. The molecule has 7 heteroatoms. The molecule has 0 heterocycles. The summed E-state index contributed by atoms with van der Waals surface area (Å²) in [4.78, 5) is 0.0765. The Morgan fingerprint density at radius 1 is 1.05 bits per heavy atom. The summed E-state index contributed by atoms with van der Waals surface area (Å²) in [5.41, 5.74) is 1.66. The van der Waals surface area contributed by atoms with Gasteiger partial charge in [0.05, 0.1) is 4.90 Å². The van der Waals surface area contributed by atoms with Crippen LogP contribution in [0.4, 0.5) is 5.69 Å². The molecule has 0 aliphatic heterocycles. The first-order valence-electron chi connectivity index (χ1n) is 5.67. The number of sulfonamides is 1. The second-order valence-corrected chi connectivity index (χ2v) is 6.56. The minimum atomic E-state index is -3.66. The van der Waals surface area contributed by atoms with Crippen LogP contribution in [0.5, 0.6) is 0 Å². The van der Waals surface area contributed by atoms with Gasteiger partial charge in [0, 0.05) is 22.3 Å². The maximum atomic E-state index is 11.1. The molecule has 0 aliphatic rings. The van der Waals surface area contributed by atoms with Crippen molar-refractivity contribution in [3.05, 3.63) is 58.1 Å². The highest BCUT2D eigenvalue weighted by molar-refractivity contribution is 7.89. The van der Waals surface area contributed by atoms with Gasteiger partial charge in [0.25, 0.3) is 0 Å². The van der Waals surface area contributed by atoms with Crippen molar-refractivity contribution in [2.45, 2.75) is 11.4 Å². The lowest BCUT2D eigenvalue weighted by Gasteiger charge is -2.09. The highest BCUT2D eigenvalue weighted by Gasteiger charge is 2.07. The van der Waals surface area contributed by atoms with Crippen LogP contribution in [0, 0.1) is 0 Å². The van der Waals surface area contributed by atoms with Gasteiger partial charge in [-0.2, -0.15) is 0 Å². The van der Waals surface area contributed by atoms with Crippen molar-refractivity contribution >= 4 is 38.9 Å². The van der Waals surface area contributed by atoms with Crippen molar-refractivity contribution in [2.24, 2.45) is 5.14 Å². The first-order chi connectivity index (χ1) is 9.36. The number of halogens is 2. The number of nitrogens with one attached hydrogen (secondary N) is 1. The van der Waals surface area contributed by atoms with E-state index in [0.717, 1.165) is 11.3 Å². The average molecular weight is 331 g/mol.